The van der Waals surface area contributed by atoms with Crippen molar-refractivity contribution in [2.45, 2.75) is 20.4 Å². The number of aryl methyl sites for hydroxylation is 1. The average molecular weight is 215 g/mol. The second-order valence-electron chi connectivity index (χ2n) is 3.75. The Morgan fingerprint density at radius 3 is 2.50 bits per heavy atom. The summed E-state index contributed by atoms with van der Waals surface area (Å²) >= 11 is 0. The fraction of sp³-hybridized carbons (Fsp3) is 0.250. The molecule has 0 amide bonds. The SMILES string of the molecule is Cc1nn(Cc2ccccc2)c(C)c1N=O. The summed E-state index contributed by atoms with van der Waals surface area (Å²) < 4.78 is 1.81. The summed E-state index contributed by atoms with van der Waals surface area (Å²) in [5.74, 6) is 0. The number of hydrogen-bond donors (Lipinski definition) is 0. The van der Waals surface area contributed by atoms with Crippen LogP contribution in [-0.4, -0.2) is 9.78 Å². The van der Waals surface area contributed by atoms with E-state index in [-0.39, 0.29) is 0 Å². The fourth-order valence-corrected chi connectivity index (χ4v) is 1.73. The second kappa shape index (κ2) is 4.26. The van der Waals surface area contributed by atoms with Crippen LogP contribution in [0, 0.1) is 18.8 Å². The van der Waals surface area contributed by atoms with Gasteiger partial charge in [0.05, 0.1) is 17.9 Å². The van der Waals surface area contributed by atoms with Crippen molar-refractivity contribution in [1.82, 2.24) is 9.78 Å². The van der Waals surface area contributed by atoms with Crippen molar-refractivity contribution < 1.29 is 0 Å². The summed E-state index contributed by atoms with van der Waals surface area (Å²) in [5.41, 5.74) is 3.11. The highest BCUT2D eigenvalue weighted by atomic mass is 16.3. The third-order valence-electron chi connectivity index (χ3n) is 2.61. The molecule has 0 unspecified atom stereocenters. The number of nitroso groups, excluding NO2 is 1. The lowest BCUT2D eigenvalue weighted by atomic mass is 10.2. The van der Waals surface area contributed by atoms with E-state index in [0.717, 1.165) is 11.3 Å². The first-order valence-corrected chi connectivity index (χ1v) is 5.13. The van der Waals surface area contributed by atoms with Crippen LogP contribution in [0.1, 0.15) is 17.0 Å². The van der Waals surface area contributed by atoms with Crippen molar-refractivity contribution >= 4 is 5.69 Å². The Bertz CT molecular complexity index is 502. The lowest BCUT2D eigenvalue weighted by Crippen LogP contribution is -2.03. The summed E-state index contributed by atoms with van der Waals surface area (Å²) in [6, 6.07) is 10.0. The maximum absolute atomic E-state index is 10.6. The van der Waals surface area contributed by atoms with E-state index in [1.165, 1.54) is 0 Å². The van der Waals surface area contributed by atoms with Crippen molar-refractivity contribution in [2.24, 2.45) is 5.18 Å². The quantitative estimate of drug-likeness (QED) is 0.739. The fourth-order valence-electron chi connectivity index (χ4n) is 1.73. The maximum Gasteiger partial charge on any atom is 0.151 e. The molecule has 0 bridgehead atoms. The van der Waals surface area contributed by atoms with Gasteiger partial charge in [-0.15, -0.1) is 4.91 Å². The molecule has 4 nitrogen and oxygen atoms in total. The Balaban J connectivity index is 2.32. The van der Waals surface area contributed by atoms with E-state index in [1.807, 2.05) is 37.3 Å². The van der Waals surface area contributed by atoms with Gasteiger partial charge in [0.2, 0.25) is 0 Å². The molecule has 0 radical (unpaired) electrons. The van der Waals surface area contributed by atoms with E-state index in [1.54, 1.807) is 11.6 Å². The van der Waals surface area contributed by atoms with E-state index in [9.17, 15) is 4.91 Å². The van der Waals surface area contributed by atoms with Gasteiger partial charge in [-0.1, -0.05) is 30.3 Å². The summed E-state index contributed by atoms with van der Waals surface area (Å²) in [5, 5.41) is 7.30. The Hall–Kier alpha value is -1.97. The van der Waals surface area contributed by atoms with Gasteiger partial charge in [0.1, 0.15) is 0 Å². The molecule has 0 aliphatic carbocycles. The molecule has 0 saturated heterocycles. The monoisotopic (exact) mass is 215 g/mol. The number of hydrogen-bond acceptors (Lipinski definition) is 3. The lowest BCUT2D eigenvalue weighted by molar-refractivity contribution is 0.659. The third-order valence-corrected chi connectivity index (χ3v) is 2.61. The van der Waals surface area contributed by atoms with Crippen molar-refractivity contribution in [3.05, 3.63) is 52.2 Å². The minimum atomic E-state index is 0.455. The molecule has 0 aliphatic heterocycles. The standard InChI is InChI=1S/C12H13N3O/c1-9-12(14-16)10(2)15(13-9)8-11-6-4-3-5-7-11/h3-7H,8H2,1-2H3. The predicted molar refractivity (Wildman–Crippen MR) is 62.7 cm³/mol. The van der Waals surface area contributed by atoms with Crippen molar-refractivity contribution in [1.29, 1.82) is 0 Å². The number of benzene rings is 1. The third kappa shape index (κ3) is 1.86. The minimum absolute atomic E-state index is 0.455. The second-order valence-corrected chi connectivity index (χ2v) is 3.75. The van der Waals surface area contributed by atoms with Crippen LogP contribution in [0.2, 0.25) is 0 Å². The smallest absolute Gasteiger partial charge is 0.151 e. The molecule has 16 heavy (non-hydrogen) atoms. The number of aromatic nitrogens is 2. The van der Waals surface area contributed by atoms with Crippen molar-refractivity contribution in [2.75, 3.05) is 0 Å². The van der Waals surface area contributed by atoms with Crippen LogP contribution in [0.15, 0.2) is 35.5 Å². The molecular formula is C12H13N3O. The minimum Gasteiger partial charge on any atom is -0.263 e. The summed E-state index contributed by atoms with van der Waals surface area (Å²) in [6.45, 7) is 4.33. The molecule has 0 atom stereocenters. The van der Waals surface area contributed by atoms with Crippen LogP contribution in [0.5, 0.6) is 0 Å². The van der Waals surface area contributed by atoms with Gasteiger partial charge in [-0.25, -0.2) is 0 Å². The molecule has 0 spiro atoms. The largest absolute Gasteiger partial charge is 0.263 e. The Labute approximate surface area is 93.9 Å². The van der Waals surface area contributed by atoms with Crippen LogP contribution in [0.3, 0.4) is 0 Å². The van der Waals surface area contributed by atoms with E-state index >= 15 is 0 Å². The highest BCUT2D eigenvalue weighted by molar-refractivity contribution is 5.46. The molecule has 0 aliphatic rings. The molecule has 2 rings (SSSR count). The van der Waals surface area contributed by atoms with Gasteiger partial charge < -0.3 is 0 Å². The van der Waals surface area contributed by atoms with Gasteiger partial charge in [-0.3, -0.25) is 4.68 Å². The zero-order valence-corrected chi connectivity index (χ0v) is 9.34. The highest BCUT2D eigenvalue weighted by Crippen LogP contribution is 2.22. The van der Waals surface area contributed by atoms with Crippen LogP contribution < -0.4 is 0 Å². The molecule has 2 aromatic rings. The van der Waals surface area contributed by atoms with E-state index in [2.05, 4.69) is 10.3 Å². The molecule has 82 valence electrons. The normalized spacial score (nSPS) is 10.4. The maximum atomic E-state index is 10.6. The van der Waals surface area contributed by atoms with Gasteiger partial charge in [0, 0.05) is 0 Å². The molecule has 0 fully saturated rings. The first kappa shape index (κ1) is 10.5. The number of rotatable bonds is 3. The molecule has 1 heterocycles. The van der Waals surface area contributed by atoms with Crippen LogP contribution >= 0.6 is 0 Å². The van der Waals surface area contributed by atoms with Gasteiger partial charge in [-0.2, -0.15) is 5.10 Å². The summed E-state index contributed by atoms with van der Waals surface area (Å²) in [4.78, 5) is 10.6. The Morgan fingerprint density at radius 2 is 1.94 bits per heavy atom. The lowest BCUT2D eigenvalue weighted by Gasteiger charge is -2.03. The molecule has 4 heteroatoms. The van der Waals surface area contributed by atoms with Gasteiger partial charge in [0.15, 0.2) is 5.69 Å². The Morgan fingerprint density at radius 1 is 1.25 bits per heavy atom. The van der Waals surface area contributed by atoms with Crippen molar-refractivity contribution in [3.8, 4) is 0 Å². The molecule has 0 N–H and O–H groups in total. The summed E-state index contributed by atoms with van der Waals surface area (Å²) in [6.07, 6.45) is 0. The van der Waals surface area contributed by atoms with Gasteiger partial charge in [0.25, 0.3) is 0 Å². The number of nitrogens with zero attached hydrogens (tertiary/aromatic N) is 3. The molecule has 1 aromatic carbocycles. The first-order chi connectivity index (χ1) is 7.72. The van der Waals surface area contributed by atoms with Crippen LogP contribution in [0.25, 0.3) is 0 Å². The van der Waals surface area contributed by atoms with Crippen LogP contribution in [0.4, 0.5) is 5.69 Å². The van der Waals surface area contributed by atoms with Gasteiger partial charge in [-0.05, 0) is 24.6 Å². The molecule has 0 saturated carbocycles. The average Bonchev–Trinajstić information content (AvgIpc) is 2.55. The molecular weight excluding hydrogens is 202 g/mol. The highest BCUT2D eigenvalue weighted by Gasteiger charge is 2.11. The zero-order valence-electron chi connectivity index (χ0n) is 9.34. The predicted octanol–water partition coefficient (Wildman–Crippen LogP) is 2.95. The zero-order chi connectivity index (χ0) is 11.5. The van der Waals surface area contributed by atoms with Crippen LogP contribution in [-0.2, 0) is 6.54 Å². The van der Waals surface area contributed by atoms with E-state index < -0.39 is 0 Å². The Kier molecular flexibility index (Phi) is 2.81. The van der Waals surface area contributed by atoms with Crippen molar-refractivity contribution in [3.63, 3.8) is 0 Å². The first-order valence-electron chi connectivity index (χ1n) is 5.13. The molecule has 1 aromatic heterocycles. The topological polar surface area (TPSA) is 47.2 Å². The summed E-state index contributed by atoms with van der Waals surface area (Å²) in [7, 11) is 0. The van der Waals surface area contributed by atoms with E-state index in [0.29, 0.717) is 17.9 Å². The van der Waals surface area contributed by atoms with E-state index in [4.69, 9.17) is 0 Å². The van der Waals surface area contributed by atoms with Gasteiger partial charge >= 0.3 is 0 Å².